The van der Waals surface area contributed by atoms with Crippen molar-refractivity contribution in [1.29, 1.82) is 0 Å². The average Bonchev–Trinajstić information content (AvgIpc) is 2.42. The molecule has 1 aromatic rings. The van der Waals surface area contributed by atoms with Gasteiger partial charge in [0.1, 0.15) is 0 Å². The average molecular weight is 352 g/mol. The smallest absolute Gasteiger partial charge is 0.297 e. The van der Waals surface area contributed by atoms with Gasteiger partial charge in [0.25, 0.3) is 0 Å². The van der Waals surface area contributed by atoms with Crippen LogP contribution < -0.4 is 4.72 Å². The van der Waals surface area contributed by atoms with Crippen LogP contribution in [0.1, 0.15) is 33.3 Å². The number of nitrogens with zero attached hydrogens (tertiary/aromatic N) is 1. The number of benzene rings is 1. The zero-order valence-electron chi connectivity index (χ0n) is 13.7. The maximum atomic E-state index is 12.5. The number of hydrogen-bond donors (Lipinski definition) is 1. The Kier molecular flexibility index (Phi) is 6.61. The highest BCUT2D eigenvalue weighted by Crippen LogP contribution is 2.29. The first-order chi connectivity index (χ1) is 10.4. The molecular weight excluding hydrogens is 329 g/mol. The highest BCUT2D eigenvalue weighted by atomic mass is 32.2. The Bertz CT molecular complexity index is 588. The minimum Gasteiger partial charge on any atom is -0.297 e. The Hall–Kier alpha value is -1.12. The van der Waals surface area contributed by atoms with Gasteiger partial charge in [-0.1, -0.05) is 0 Å². The molecule has 0 bridgehead atoms. The van der Waals surface area contributed by atoms with Gasteiger partial charge in [-0.3, -0.25) is 4.90 Å². The zero-order chi connectivity index (χ0) is 17.8. The molecule has 8 heteroatoms. The predicted octanol–water partition coefficient (Wildman–Crippen LogP) is 3.10. The third kappa shape index (κ3) is 5.78. The molecule has 4 nitrogen and oxygen atoms in total. The van der Waals surface area contributed by atoms with E-state index in [4.69, 9.17) is 0 Å². The van der Waals surface area contributed by atoms with E-state index in [0.717, 1.165) is 24.3 Å². The fraction of sp³-hybridized carbons (Fsp3) is 0.600. The third-order valence-corrected chi connectivity index (χ3v) is 4.96. The molecule has 1 aromatic carbocycles. The summed E-state index contributed by atoms with van der Waals surface area (Å²) in [6.45, 7) is 8.79. The van der Waals surface area contributed by atoms with E-state index in [2.05, 4.69) is 9.62 Å². The first-order valence-corrected chi connectivity index (χ1v) is 8.86. The number of sulfonamides is 1. The second kappa shape index (κ2) is 7.63. The molecule has 0 saturated heterocycles. The van der Waals surface area contributed by atoms with Gasteiger partial charge in [-0.2, -0.15) is 13.2 Å². The van der Waals surface area contributed by atoms with Gasteiger partial charge < -0.3 is 0 Å². The van der Waals surface area contributed by atoms with Crippen molar-refractivity contribution < 1.29 is 21.6 Å². The van der Waals surface area contributed by atoms with Crippen LogP contribution in [0.3, 0.4) is 0 Å². The molecule has 0 saturated carbocycles. The molecule has 0 heterocycles. The van der Waals surface area contributed by atoms with Crippen LogP contribution >= 0.6 is 0 Å². The van der Waals surface area contributed by atoms with Gasteiger partial charge in [0.2, 0.25) is 10.0 Å². The molecule has 1 N–H and O–H groups in total. The van der Waals surface area contributed by atoms with Gasteiger partial charge in [0.05, 0.1) is 10.5 Å². The van der Waals surface area contributed by atoms with Crippen molar-refractivity contribution in [2.24, 2.45) is 0 Å². The fourth-order valence-electron chi connectivity index (χ4n) is 2.33. The lowest BCUT2D eigenvalue weighted by Gasteiger charge is -2.30. The Morgan fingerprint density at radius 1 is 1.04 bits per heavy atom. The molecular formula is C15H23F3N2O2S. The number of hydrogen-bond acceptors (Lipinski definition) is 3. The maximum absolute atomic E-state index is 12.5. The molecule has 1 rings (SSSR count). The van der Waals surface area contributed by atoms with Gasteiger partial charge >= 0.3 is 6.18 Å². The lowest BCUT2D eigenvalue weighted by Crippen LogP contribution is -2.42. The van der Waals surface area contributed by atoms with E-state index in [1.165, 1.54) is 0 Å². The van der Waals surface area contributed by atoms with Crippen molar-refractivity contribution in [3.8, 4) is 0 Å². The second-order valence-corrected chi connectivity index (χ2v) is 7.61. The second-order valence-electron chi connectivity index (χ2n) is 5.85. The summed E-state index contributed by atoms with van der Waals surface area (Å²) >= 11 is 0. The molecule has 0 atom stereocenters. The van der Waals surface area contributed by atoms with E-state index in [-0.39, 0.29) is 23.5 Å². The molecule has 0 fully saturated rings. The molecule has 0 spiro atoms. The number of halogens is 3. The van der Waals surface area contributed by atoms with Crippen molar-refractivity contribution in [2.75, 3.05) is 13.1 Å². The molecule has 0 aliphatic heterocycles. The standard InChI is InChI=1S/C15H23F3N2O2S/c1-11(2)20(12(3)4)10-9-19-23(21,22)14-7-5-13(6-8-14)15(16,17)18/h5-8,11-12,19H,9-10H2,1-4H3. The van der Waals surface area contributed by atoms with E-state index >= 15 is 0 Å². The maximum Gasteiger partial charge on any atom is 0.416 e. The molecule has 0 aromatic heterocycles. The molecule has 0 radical (unpaired) electrons. The number of alkyl halides is 3. The summed E-state index contributed by atoms with van der Waals surface area (Å²) in [5.41, 5.74) is -0.873. The van der Waals surface area contributed by atoms with Crippen molar-refractivity contribution in [2.45, 2.75) is 50.9 Å². The Balaban J connectivity index is 2.73. The van der Waals surface area contributed by atoms with Crippen molar-refractivity contribution in [3.63, 3.8) is 0 Å². The summed E-state index contributed by atoms with van der Waals surface area (Å²) in [5, 5.41) is 0. The van der Waals surface area contributed by atoms with Crippen molar-refractivity contribution >= 4 is 10.0 Å². The van der Waals surface area contributed by atoms with Gasteiger partial charge in [0.15, 0.2) is 0 Å². The van der Waals surface area contributed by atoms with Crippen LogP contribution in [0.25, 0.3) is 0 Å². The van der Waals surface area contributed by atoms with Crippen molar-refractivity contribution in [1.82, 2.24) is 9.62 Å². The van der Waals surface area contributed by atoms with Crippen LogP contribution in [0, 0.1) is 0 Å². The van der Waals surface area contributed by atoms with Crippen LogP contribution in [0.2, 0.25) is 0 Å². The lowest BCUT2D eigenvalue weighted by molar-refractivity contribution is -0.137. The van der Waals surface area contributed by atoms with Crippen molar-refractivity contribution in [3.05, 3.63) is 29.8 Å². The lowest BCUT2D eigenvalue weighted by atomic mass is 10.2. The van der Waals surface area contributed by atoms with Crippen LogP contribution in [0.4, 0.5) is 13.2 Å². The Morgan fingerprint density at radius 3 is 1.91 bits per heavy atom. The minimum atomic E-state index is -4.48. The minimum absolute atomic E-state index is 0.175. The SMILES string of the molecule is CC(C)N(CCNS(=O)(=O)c1ccc(C(F)(F)F)cc1)C(C)C. The first kappa shape index (κ1) is 19.9. The highest BCUT2D eigenvalue weighted by Gasteiger charge is 2.30. The molecule has 132 valence electrons. The monoisotopic (exact) mass is 352 g/mol. The normalized spacial score (nSPS) is 13.3. The largest absolute Gasteiger partial charge is 0.416 e. The van der Waals surface area contributed by atoms with Crippen LogP contribution in [-0.4, -0.2) is 38.5 Å². The summed E-state index contributed by atoms with van der Waals surface area (Å²) in [7, 11) is -3.81. The van der Waals surface area contributed by atoms with Crippen LogP contribution in [-0.2, 0) is 16.2 Å². The summed E-state index contributed by atoms with van der Waals surface area (Å²) in [6, 6.07) is 4.00. The number of nitrogens with one attached hydrogen (secondary N) is 1. The fourth-order valence-corrected chi connectivity index (χ4v) is 3.35. The van der Waals surface area contributed by atoms with Gasteiger partial charge in [-0.05, 0) is 52.0 Å². The Labute approximate surface area is 135 Å². The van der Waals surface area contributed by atoms with Gasteiger partial charge in [-0.25, -0.2) is 13.1 Å². The molecule has 0 aliphatic carbocycles. The van der Waals surface area contributed by atoms with Crippen LogP contribution in [0.15, 0.2) is 29.2 Å². The topological polar surface area (TPSA) is 49.4 Å². The van der Waals surface area contributed by atoms with E-state index < -0.39 is 21.8 Å². The summed E-state index contributed by atoms with van der Waals surface area (Å²) in [4.78, 5) is 1.95. The van der Waals surface area contributed by atoms with E-state index in [9.17, 15) is 21.6 Å². The molecule has 0 unspecified atom stereocenters. The summed E-state index contributed by atoms with van der Waals surface area (Å²) in [5.74, 6) is 0. The molecule has 23 heavy (non-hydrogen) atoms. The van der Waals surface area contributed by atoms with E-state index in [1.54, 1.807) is 0 Å². The highest BCUT2D eigenvalue weighted by molar-refractivity contribution is 7.89. The number of rotatable bonds is 7. The predicted molar refractivity (Wildman–Crippen MR) is 83.6 cm³/mol. The third-order valence-electron chi connectivity index (χ3n) is 3.48. The van der Waals surface area contributed by atoms with Gasteiger partial charge in [0, 0.05) is 25.2 Å². The molecule has 0 aliphatic rings. The Morgan fingerprint density at radius 2 is 1.52 bits per heavy atom. The van der Waals surface area contributed by atoms with Gasteiger partial charge in [-0.15, -0.1) is 0 Å². The van der Waals surface area contributed by atoms with E-state index in [0.29, 0.717) is 6.54 Å². The quantitative estimate of drug-likeness (QED) is 0.820. The first-order valence-electron chi connectivity index (χ1n) is 7.38. The zero-order valence-corrected chi connectivity index (χ0v) is 14.5. The van der Waals surface area contributed by atoms with E-state index in [1.807, 2.05) is 27.7 Å². The molecule has 0 amide bonds. The summed E-state index contributed by atoms with van der Waals surface area (Å²) in [6.07, 6.45) is -4.48. The summed E-state index contributed by atoms with van der Waals surface area (Å²) < 4.78 is 64.1. The van der Waals surface area contributed by atoms with Crippen LogP contribution in [0.5, 0.6) is 0 Å².